The molecule has 0 fully saturated rings. The van der Waals surface area contributed by atoms with Crippen LogP contribution in [0.15, 0.2) is 59.4 Å². The molecule has 0 unspecified atom stereocenters. The van der Waals surface area contributed by atoms with Crippen LogP contribution >= 0.6 is 0 Å². The number of aryl methyl sites for hydroxylation is 2. The number of carbonyl (C=O) groups excluding carboxylic acids is 2. The minimum atomic E-state index is -1.12. The Morgan fingerprint density at radius 1 is 0.923 bits per heavy atom. The monoisotopic (exact) mass is 529 g/mol. The lowest BCUT2D eigenvalue weighted by molar-refractivity contribution is -0.146. The van der Waals surface area contributed by atoms with Crippen LogP contribution in [0, 0.1) is 5.82 Å². The fourth-order valence-corrected chi connectivity index (χ4v) is 4.93. The first-order valence-electron chi connectivity index (χ1n) is 12.3. The van der Waals surface area contributed by atoms with Gasteiger partial charge in [0.05, 0.1) is 34.7 Å². The Balaban J connectivity index is 1.74. The molecule has 0 radical (unpaired) electrons. The number of carbonyl (C=O) groups is 2. The fourth-order valence-electron chi connectivity index (χ4n) is 4.93. The number of nitrogens with one attached hydrogen (secondary N) is 1. The number of benzene rings is 3. The Morgan fingerprint density at radius 3 is 2.23 bits per heavy atom. The van der Waals surface area contributed by atoms with Crippen molar-refractivity contribution in [3.05, 3.63) is 82.3 Å². The Bertz CT molecular complexity index is 1860. The maximum absolute atomic E-state index is 14.7. The predicted octanol–water partition coefficient (Wildman–Crippen LogP) is 3.83. The van der Waals surface area contributed by atoms with E-state index in [1.807, 2.05) is 41.0 Å². The molecule has 0 aliphatic heterocycles. The van der Waals surface area contributed by atoms with Gasteiger partial charge >= 0.3 is 11.7 Å². The molecule has 5 aromatic rings. The molecule has 3 aromatic carbocycles. The summed E-state index contributed by atoms with van der Waals surface area (Å²) in [6.45, 7) is 3.47. The first-order valence-corrected chi connectivity index (χ1v) is 12.3. The van der Waals surface area contributed by atoms with Crippen LogP contribution < -0.4 is 11.0 Å². The van der Waals surface area contributed by atoms with Crippen molar-refractivity contribution in [3.63, 3.8) is 0 Å². The summed E-state index contributed by atoms with van der Waals surface area (Å²) in [4.78, 5) is 42.1. The van der Waals surface area contributed by atoms with Crippen molar-refractivity contribution in [2.24, 2.45) is 14.1 Å². The fraction of sp³-hybridized carbons (Fsp3) is 0.241. The van der Waals surface area contributed by atoms with Crippen LogP contribution in [0.3, 0.4) is 0 Å². The van der Waals surface area contributed by atoms with E-state index >= 15 is 0 Å². The van der Waals surface area contributed by atoms with Gasteiger partial charge in [-0.1, -0.05) is 12.1 Å². The molecule has 0 bridgehead atoms. The highest BCUT2D eigenvalue weighted by Crippen LogP contribution is 2.34. The third-order valence-electron chi connectivity index (χ3n) is 7.20. The summed E-state index contributed by atoms with van der Waals surface area (Å²) in [6, 6.07) is 15.5. The molecule has 0 saturated heterocycles. The molecule has 0 saturated carbocycles. The minimum absolute atomic E-state index is 0.0422. The minimum Gasteiger partial charge on any atom is -0.468 e. The maximum atomic E-state index is 14.7. The number of hydrogen-bond acceptors (Lipinski definition) is 5. The highest BCUT2D eigenvalue weighted by Gasteiger charge is 2.37. The summed E-state index contributed by atoms with van der Waals surface area (Å²) in [5.41, 5.74) is 3.47. The van der Waals surface area contributed by atoms with Crippen LogP contribution in [0.4, 0.5) is 4.39 Å². The van der Waals surface area contributed by atoms with E-state index in [0.29, 0.717) is 33.7 Å². The van der Waals surface area contributed by atoms with Crippen molar-refractivity contribution in [1.82, 2.24) is 24.0 Å². The molecule has 2 heterocycles. The van der Waals surface area contributed by atoms with Crippen molar-refractivity contribution in [1.29, 1.82) is 0 Å². The van der Waals surface area contributed by atoms with Gasteiger partial charge in [0.2, 0.25) is 0 Å². The van der Waals surface area contributed by atoms with Gasteiger partial charge in [-0.3, -0.25) is 23.3 Å². The van der Waals surface area contributed by atoms with Gasteiger partial charge in [0, 0.05) is 26.8 Å². The summed E-state index contributed by atoms with van der Waals surface area (Å²) in [7, 11) is 6.20. The maximum Gasteiger partial charge on any atom is 0.328 e. The average Bonchev–Trinajstić information content (AvgIpc) is 3.43. The first kappa shape index (κ1) is 25.9. The molecule has 0 spiro atoms. The van der Waals surface area contributed by atoms with Crippen LogP contribution in [0.5, 0.6) is 0 Å². The molecule has 1 amide bonds. The SMILES string of the molecule is CNC(=O)c1ccc(-c2ccc3c(c2)nc(C(C)(C)C(=O)OC)n3-c2ccc3c(c2)n(C)c(=O)n3C)cc1F. The van der Waals surface area contributed by atoms with Gasteiger partial charge in [-0.2, -0.15) is 0 Å². The smallest absolute Gasteiger partial charge is 0.328 e. The average molecular weight is 530 g/mol. The van der Waals surface area contributed by atoms with Gasteiger partial charge in [0.15, 0.2) is 0 Å². The molecule has 0 atom stereocenters. The summed E-state index contributed by atoms with van der Waals surface area (Å²) >= 11 is 0. The number of hydrogen-bond donors (Lipinski definition) is 1. The lowest BCUT2D eigenvalue weighted by Crippen LogP contribution is -2.33. The van der Waals surface area contributed by atoms with E-state index in [9.17, 15) is 18.8 Å². The number of esters is 1. The number of methoxy groups -OCH3 is 1. The summed E-state index contributed by atoms with van der Waals surface area (Å²) in [5, 5.41) is 2.43. The second-order valence-corrected chi connectivity index (χ2v) is 9.94. The normalized spacial score (nSPS) is 11.8. The molecule has 9 nitrogen and oxygen atoms in total. The van der Waals surface area contributed by atoms with Gasteiger partial charge in [-0.05, 0) is 67.4 Å². The number of imidazole rings is 2. The molecule has 0 aliphatic rings. The van der Waals surface area contributed by atoms with Crippen molar-refractivity contribution < 1.29 is 18.7 Å². The van der Waals surface area contributed by atoms with Gasteiger partial charge < -0.3 is 10.1 Å². The molecular weight excluding hydrogens is 501 g/mol. The Labute approximate surface area is 223 Å². The van der Waals surface area contributed by atoms with E-state index in [0.717, 1.165) is 11.0 Å². The Hall–Kier alpha value is -4.73. The lowest BCUT2D eigenvalue weighted by atomic mass is 9.92. The molecular formula is C29H28FN5O4. The van der Waals surface area contributed by atoms with Crippen LogP contribution in [-0.4, -0.2) is 44.7 Å². The topological polar surface area (TPSA) is 100 Å². The second-order valence-electron chi connectivity index (χ2n) is 9.94. The predicted molar refractivity (Wildman–Crippen MR) is 147 cm³/mol. The molecule has 10 heteroatoms. The van der Waals surface area contributed by atoms with E-state index in [1.54, 1.807) is 43.1 Å². The van der Waals surface area contributed by atoms with Gasteiger partial charge in [0.25, 0.3) is 5.91 Å². The van der Waals surface area contributed by atoms with Crippen LogP contribution in [0.2, 0.25) is 0 Å². The molecule has 0 aliphatic carbocycles. The summed E-state index contributed by atoms with van der Waals surface area (Å²) in [5.74, 6) is -1.15. The third kappa shape index (κ3) is 3.99. The number of rotatable bonds is 5. The summed E-state index contributed by atoms with van der Waals surface area (Å²) in [6.07, 6.45) is 0. The Kier molecular flexibility index (Phi) is 6.13. The number of nitrogens with zero attached hydrogens (tertiary/aromatic N) is 4. The molecule has 200 valence electrons. The zero-order chi connectivity index (χ0) is 28.2. The van der Waals surface area contributed by atoms with E-state index in [-0.39, 0.29) is 11.3 Å². The Morgan fingerprint density at radius 2 is 1.56 bits per heavy atom. The molecule has 39 heavy (non-hydrogen) atoms. The highest BCUT2D eigenvalue weighted by molar-refractivity contribution is 5.95. The van der Waals surface area contributed by atoms with E-state index < -0.39 is 23.1 Å². The lowest BCUT2D eigenvalue weighted by Gasteiger charge is -2.22. The third-order valence-corrected chi connectivity index (χ3v) is 7.20. The number of fused-ring (bicyclic) bond motifs is 2. The number of amides is 1. The molecule has 2 aromatic heterocycles. The van der Waals surface area contributed by atoms with E-state index in [2.05, 4.69) is 5.32 Å². The number of ether oxygens (including phenoxy) is 1. The van der Waals surface area contributed by atoms with Gasteiger partial charge in [-0.25, -0.2) is 14.2 Å². The zero-order valence-electron chi connectivity index (χ0n) is 22.5. The summed E-state index contributed by atoms with van der Waals surface area (Å²) < 4.78 is 24.8. The first-order chi connectivity index (χ1) is 18.5. The molecule has 5 rings (SSSR count). The quantitative estimate of drug-likeness (QED) is 0.349. The number of aromatic nitrogens is 4. The van der Waals surface area contributed by atoms with Crippen molar-refractivity contribution in [2.45, 2.75) is 19.3 Å². The van der Waals surface area contributed by atoms with Crippen molar-refractivity contribution in [2.75, 3.05) is 14.2 Å². The van der Waals surface area contributed by atoms with Gasteiger partial charge in [-0.15, -0.1) is 0 Å². The largest absolute Gasteiger partial charge is 0.468 e. The van der Waals surface area contributed by atoms with E-state index in [1.165, 1.54) is 26.3 Å². The van der Waals surface area contributed by atoms with E-state index in [4.69, 9.17) is 9.72 Å². The van der Waals surface area contributed by atoms with Gasteiger partial charge in [0.1, 0.15) is 17.1 Å². The van der Waals surface area contributed by atoms with Crippen molar-refractivity contribution in [3.8, 4) is 16.8 Å². The van der Waals surface area contributed by atoms with Crippen LogP contribution in [-0.2, 0) is 29.0 Å². The van der Waals surface area contributed by atoms with Crippen LogP contribution in [0.25, 0.3) is 38.9 Å². The molecule has 1 N–H and O–H groups in total. The van der Waals surface area contributed by atoms with Crippen molar-refractivity contribution >= 4 is 33.9 Å². The van der Waals surface area contributed by atoms with Crippen LogP contribution in [0.1, 0.15) is 30.0 Å². The second kappa shape index (κ2) is 9.23. The zero-order valence-corrected chi connectivity index (χ0v) is 22.5. The highest BCUT2D eigenvalue weighted by atomic mass is 19.1. The standard InChI is InChI=1S/C29H28FN5O4/c1-29(2,27(37)39-6)26-32-21-14-17(16-7-10-19(20(30)13-16)25(36)31-3)8-11-22(21)35(26)18-9-12-23-24(15-18)34(5)28(38)33(23)4/h7-15H,1-6H3,(H,31,36). The number of halogens is 1.